The summed E-state index contributed by atoms with van der Waals surface area (Å²) in [7, 11) is 0. The van der Waals surface area contributed by atoms with E-state index in [0.717, 1.165) is 51.4 Å². The van der Waals surface area contributed by atoms with Gasteiger partial charge in [-0.15, -0.1) is 0 Å². The van der Waals surface area contributed by atoms with Crippen molar-refractivity contribution in [3.8, 4) is 0 Å². The van der Waals surface area contributed by atoms with E-state index in [2.05, 4.69) is 55.6 Å². The Kier molecular flexibility index (Phi) is 42.8. The number of amides is 1. The van der Waals surface area contributed by atoms with Crippen molar-refractivity contribution < 1.29 is 15.0 Å². The van der Waals surface area contributed by atoms with Crippen molar-refractivity contribution in [1.29, 1.82) is 0 Å². The number of rotatable bonds is 42. The van der Waals surface area contributed by atoms with Crippen LogP contribution in [0, 0.1) is 0 Å². The Balaban J connectivity index is 3.55. The number of aliphatic hydroxyl groups excluding tert-OH is 2. The average molecular weight is 730 g/mol. The molecule has 0 aliphatic carbocycles. The third-order valence-electron chi connectivity index (χ3n) is 10.7. The fourth-order valence-electron chi connectivity index (χ4n) is 7.07. The maximum Gasteiger partial charge on any atom is 0.220 e. The van der Waals surface area contributed by atoms with Crippen LogP contribution in [0.2, 0.25) is 0 Å². The monoisotopic (exact) mass is 730 g/mol. The van der Waals surface area contributed by atoms with Crippen molar-refractivity contribution in [3.05, 3.63) is 36.5 Å². The second kappa shape index (κ2) is 44.0. The number of hydrogen-bond acceptors (Lipinski definition) is 3. The number of unbranched alkanes of at least 4 members (excludes halogenated alkanes) is 29. The SMILES string of the molecule is CCCCCCC/C=C\C/C=C\C/C=C\CCCCCCCCC(=O)NC(CO)C(O)CCCCCCCCCCCCCCCCCCCCC. The molecule has 0 aromatic carbocycles. The highest BCUT2D eigenvalue weighted by Crippen LogP contribution is 2.16. The molecule has 0 aromatic heterocycles. The molecule has 3 N–H and O–H groups in total. The summed E-state index contributed by atoms with van der Waals surface area (Å²) in [4.78, 5) is 12.4. The highest BCUT2D eigenvalue weighted by atomic mass is 16.3. The number of allylic oxidation sites excluding steroid dienone is 6. The lowest BCUT2D eigenvalue weighted by Crippen LogP contribution is -2.45. The summed E-state index contributed by atoms with van der Waals surface area (Å²) in [5.74, 6) is -0.0423. The van der Waals surface area contributed by atoms with Crippen molar-refractivity contribution in [1.82, 2.24) is 5.32 Å². The van der Waals surface area contributed by atoms with Gasteiger partial charge < -0.3 is 15.5 Å². The summed E-state index contributed by atoms with van der Waals surface area (Å²) >= 11 is 0. The minimum atomic E-state index is -0.665. The standard InChI is InChI=1S/C48H91NO3/c1-3-5-7-9-11-13-15-17-19-21-23-24-26-28-30-32-34-36-38-40-42-44-48(52)49-46(45-50)47(51)43-41-39-37-35-33-31-29-27-25-22-20-18-16-14-12-10-8-6-4-2/h15,17,21,23,26,28,46-47,50-51H,3-14,16,18-20,22,24-25,27,29-45H2,1-2H3,(H,49,52)/b17-15-,23-21-,28-26-. The smallest absolute Gasteiger partial charge is 0.220 e. The van der Waals surface area contributed by atoms with E-state index in [4.69, 9.17) is 0 Å². The van der Waals surface area contributed by atoms with E-state index in [0.29, 0.717) is 12.8 Å². The molecule has 0 aliphatic heterocycles. The molecule has 0 fully saturated rings. The molecular weight excluding hydrogens is 639 g/mol. The molecule has 306 valence electrons. The van der Waals surface area contributed by atoms with Crippen LogP contribution in [0.15, 0.2) is 36.5 Å². The van der Waals surface area contributed by atoms with Gasteiger partial charge in [-0.05, 0) is 51.4 Å². The third kappa shape index (κ3) is 39.8. The number of aliphatic hydroxyl groups is 2. The number of hydrogen-bond donors (Lipinski definition) is 3. The maximum absolute atomic E-state index is 12.4. The Morgan fingerprint density at radius 1 is 0.462 bits per heavy atom. The largest absolute Gasteiger partial charge is 0.394 e. The van der Waals surface area contributed by atoms with Crippen LogP contribution in [0.5, 0.6) is 0 Å². The topological polar surface area (TPSA) is 69.6 Å². The molecule has 1 amide bonds. The van der Waals surface area contributed by atoms with Crippen LogP contribution in [-0.2, 0) is 4.79 Å². The molecule has 4 nitrogen and oxygen atoms in total. The van der Waals surface area contributed by atoms with Crippen molar-refractivity contribution in [2.75, 3.05) is 6.61 Å². The van der Waals surface area contributed by atoms with Crippen molar-refractivity contribution in [3.63, 3.8) is 0 Å². The summed E-state index contributed by atoms with van der Waals surface area (Å²) in [5, 5.41) is 23.2. The quantitative estimate of drug-likeness (QED) is 0.0433. The molecule has 2 unspecified atom stereocenters. The first-order valence-electron chi connectivity index (χ1n) is 23.2. The minimum absolute atomic E-state index is 0.0423. The van der Waals surface area contributed by atoms with Gasteiger partial charge >= 0.3 is 0 Å². The number of carbonyl (C=O) groups is 1. The number of nitrogens with one attached hydrogen (secondary N) is 1. The van der Waals surface area contributed by atoms with Crippen LogP contribution in [0.1, 0.15) is 245 Å². The van der Waals surface area contributed by atoms with Gasteiger partial charge in [-0.3, -0.25) is 4.79 Å². The van der Waals surface area contributed by atoms with Gasteiger partial charge in [0.1, 0.15) is 0 Å². The van der Waals surface area contributed by atoms with E-state index < -0.39 is 12.1 Å². The van der Waals surface area contributed by atoms with Gasteiger partial charge in [-0.1, -0.05) is 224 Å². The summed E-state index contributed by atoms with van der Waals surface area (Å²) in [5.41, 5.74) is 0. The normalized spacial score (nSPS) is 13.2. The second-order valence-electron chi connectivity index (χ2n) is 15.8. The molecule has 0 saturated carbocycles. The molecule has 0 aromatic rings. The van der Waals surface area contributed by atoms with Gasteiger partial charge in [-0.2, -0.15) is 0 Å². The molecule has 0 heterocycles. The minimum Gasteiger partial charge on any atom is -0.394 e. The van der Waals surface area contributed by atoms with Crippen molar-refractivity contribution in [2.24, 2.45) is 0 Å². The summed E-state index contributed by atoms with van der Waals surface area (Å²) in [6.45, 7) is 4.35. The van der Waals surface area contributed by atoms with Crippen molar-refractivity contribution >= 4 is 5.91 Å². The Morgan fingerprint density at radius 3 is 1.17 bits per heavy atom. The molecule has 0 rings (SSSR count). The first-order chi connectivity index (χ1) is 25.7. The zero-order valence-corrected chi connectivity index (χ0v) is 35.1. The molecule has 52 heavy (non-hydrogen) atoms. The summed E-state index contributed by atoms with van der Waals surface area (Å²) in [6.07, 6.45) is 57.9. The van der Waals surface area contributed by atoms with Gasteiger partial charge in [-0.25, -0.2) is 0 Å². The highest BCUT2D eigenvalue weighted by molar-refractivity contribution is 5.76. The molecular formula is C48H91NO3. The highest BCUT2D eigenvalue weighted by Gasteiger charge is 2.20. The van der Waals surface area contributed by atoms with E-state index in [1.165, 1.54) is 167 Å². The number of carbonyl (C=O) groups excluding carboxylic acids is 1. The average Bonchev–Trinajstić information content (AvgIpc) is 3.15. The predicted octanol–water partition coefficient (Wildman–Crippen LogP) is 14.6. The van der Waals surface area contributed by atoms with Gasteiger partial charge in [0.05, 0.1) is 18.8 Å². The van der Waals surface area contributed by atoms with Crippen LogP contribution < -0.4 is 5.32 Å². The van der Waals surface area contributed by atoms with Gasteiger partial charge in [0.15, 0.2) is 0 Å². The Morgan fingerprint density at radius 2 is 0.788 bits per heavy atom. The molecule has 0 aliphatic rings. The molecule has 0 saturated heterocycles. The van der Waals surface area contributed by atoms with E-state index in [1.54, 1.807) is 0 Å². The Labute approximate surface area is 325 Å². The van der Waals surface area contributed by atoms with Crippen LogP contribution >= 0.6 is 0 Å². The van der Waals surface area contributed by atoms with Crippen LogP contribution in [0.4, 0.5) is 0 Å². The van der Waals surface area contributed by atoms with E-state index in [-0.39, 0.29) is 12.5 Å². The zero-order chi connectivity index (χ0) is 37.8. The van der Waals surface area contributed by atoms with E-state index in [9.17, 15) is 15.0 Å². The third-order valence-corrected chi connectivity index (χ3v) is 10.7. The van der Waals surface area contributed by atoms with Crippen LogP contribution in [-0.4, -0.2) is 34.9 Å². The lowest BCUT2D eigenvalue weighted by Gasteiger charge is -2.22. The molecule has 4 heteroatoms. The fraction of sp³-hybridized carbons (Fsp3) is 0.854. The first-order valence-corrected chi connectivity index (χ1v) is 23.2. The Hall–Kier alpha value is -1.39. The lowest BCUT2D eigenvalue weighted by molar-refractivity contribution is -0.123. The first kappa shape index (κ1) is 50.6. The van der Waals surface area contributed by atoms with Crippen LogP contribution in [0.25, 0.3) is 0 Å². The zero-order valence-electron chi connectivity index (χ0n) is 35.1. The predicted molar refractivity (Wildman–Crippen MR) is 230 cm³/mol. The van der Waals surface area contributed by atoms with Crippen molar-refractivity contribution in [2.45, 2.75) is 257 Å². The lowest BCUT2D eigenvalue weighted by atomic mass is 10.0. The van der Waals surface area contributed by atoms with Gasteiger partial charge in [0.2, 0.25) is 5.91 Å². The van der Waals surface area contributed by atoms with Gasteiger partial charge in [0, 0.05) is 6.42 Å². The van der Waals surface area contributed by atoms with E-state index in [1.807, 2.05) is 0 Å². The second-order valence-corrected chi connectivity index (χ2v) is 15.8. The molecule has 2 atom stereocenters. The molecule has 0 bridgehead atoms. The van der Waals surface area contributed by atoms with Gasteiger partial charge in [0.25, 0.3) is 0 Å². The molecule has 0 spiro atoms. The van der Waals surface area contributed by atoms with E-state index >= 15 is 0 Å². The fourth-order valence-corrected chi connectivity index (χ4v) is 7.07. The Bertz CT molecular complexity index is 790. The van der Waals surface area contributed by atoms with Crippen LogP contribution in [0.3, 0.4) is 0 Å². The summed E-state index contributed by atoms with van der Waals surface area (Å²) in [6, 6.07) is -0.543. The maximum atomic E-state index is 12.4. The summed E-state index contributed by atoms with van der Waals surface area (Å²) < 4.78 is 0. The molecule has 0 radical (unpaired) electrons.